The van der Waals surface area contributed by atoms with E-state index >= 15 is 0 Å². The first-order valence-electron chi connectivity index (χ1n) is 6.52. The Balaban J connectivity index is 1.81. The first kappa shape index (κ1) is 12.9. The van der Waals surface area contributed by atoms with E-state index in [4.69, 9.17) is 0 Å². The molecule has 0 aromatic carbocycles. The van der Waals surface area contributed by atoms with Gasteiger partial charge in [0.15, 0.2) is 0 Å². The standard InChI is InChI=1S/C14H22N2S/c1-17-14-4-2-3-10-16(12-14)11-7-13-5-8-15-9-6-13/h5-6,8-9,14H,2-4,7,10-12H2,1H3. The Hall–Kier alpha value is -0.540. The number of nitrogens with zero attached hydrogens (tertiary/aromatic N) is 2. The van der Waals surface area contributed by atoms with Crippen LogP contribution in [0.5, 0.6) is 0 Å². The topological polar surface area (TPSA) is 16.1 Å². The van der Waals surface area contributed by atoms with E-state index in [2.05, 4.69) is 28.3 Å². The number of pyridine rings is 1. The summed E-state index contributed by atoms with van der Waals surface area (Å²) in [5.74, 6) is 0. The van der Waals surface area contributed by atoms with Gasteiger partial charge in [-0.25, -0.2) is 0 Å². The van der Waals surface area contributed by atoms with Gasteiger partial charge in [-0.15, -0.1) is 0 Å². The second-order valence-corrected chi connectivity index (χ2v) is 5.90. The van der Waals surface area contributed by atoms with Crippen molar-refractivity contribution in [3.63, 3.8) is 0 Å². The number of hydrogen-bond donors (Lipinski definition) is 0. The van der Waals surface area contributed by atoms with Crippen molar-refractivity contribution < 1.29 is 0 Å². The maximum absolute atomic E-state index is 4.06. The number of hydrogen-bond acceptors (Lipinski definition) is 3. The quantitative estimate of drug-likeness (QED) is 0.817. The Bertz CT molecular complexity index is 315. The van der Waals surface area contributed by atoms with Gasteiger partial charge in [0.1, 0.15) is 0 Å². The highest BCUT2D eigenvalue weighted by Gasteiger charge is 2.16. The number of rotatable bonds is 4. The third-order valence-corrected chi connectivity index (χ3v) is 4.56. The summed E-state index contributed by atoms with van der Waals surface area (Å²) in [6.45, 7) is 3.75. The molecule has 1 saturated heterocycles. The Kier molecular flexibility index (Phi) is 5.33. The lowest BCUT2D eigenvalue weighted by atomic mass is 10.2. The summed E-state index contributed by atoms with van der Waals surface area (Å²) in [5.41, 5.74) is 1.41. The molecule has 0 N–H and O–H groups in total. The summed E-state index contributed by atoms with van der Waals surface area (Å²) >= 11 is 2.03. The Morgan fingerprint density at radius 3 is 2.94 bits per heavy atom. The van der Waals surface area contributed by atoms with E-state index in [9.17, 15) is 0 Å². The van der Waals surface area contributed by atoms with E-state index in [0.717, 1.165) is 11.7 Å². The Morgan fingerprint density at radius 1 is 1.35 bits per heavy atom. The van der Waals surface area contributed by atoms with E-state index in [1.807, 2.05) is 24.2 Å². The summed E-state index contributed by atoms with van der Waals surface area (Å²) in [5, 5.41) is 0.843. The van der Waals surface area contributed by atoms with Crippen LogP contribution in [0, 0.1) is 0 Å². The third-order valence-electron chi connectivity index (χ3n) is 3.51. The summed E-state index contributed by atoms with van der Waals surface area (Å²) < 4.78 is 0. The van der Waals surface area contributed by atoms with Crippen LogP contribution in [0.25, 0.3) is 0 Å². The molecule has 0 bridgehead atoms. The van der Waals surface area contributed by atoms with Gasteiger partial charge in [-0.05, 0) is 49.8 Å². The number of likely N-dealkylation sites (tertiary alicyclic amines) is 1. The number of thioether (sulfide) groups is 1. The van der Waals surface area contributed by atoms with Gasteiger partial charge in [0.05, 0.1) is 0 Å². The van der Waals surface area contributed by atoms with Gasteiger partial charge in [-0.2, -0.15) is 11.8 Å². The van der Waals surface area contributed by atoms with Crippen molar-refractivity contribution >= 4 is 11.8 Å². The molecule has 0 saturated carbocycles. The molecule has 1 aliphatic rings. The minimum Gasteiger partial charge on any atom is -0.302 e. The van der Waals surface area contributed by atoms with Gasteiger partial charge < -0.3 is 4.90 Å². The summed E-state index contributed by atoms with van der Waals surface area (Å²) in [6.07, 6.45) is 11.4. The fourth-order valence-electron chi connectivity index (χ4n) is 2.41. The van der Waals surface area contributed by atoms with Crippen LogP contribution in [-0.2, 0) is 6.42 Å². The van der Waals surface area contributed by atoms with Crippen LogP contribution in [0.1, 0.15) is 24.8 Å². The molecule has 1 aromatic heterocycles. The zero-order valence-electron chi connectivity index (χ0n) is 10.6. The molecule has 0 amide bonds. The molecule has 3 heteroatoms. The van der Waals surface area contributed by atoms with Crippen molar-refractivity contribution in [2.24, 2.45) is 0 Å². The zero-order chi connectivity index (χ0) is 11.9. The predicted molar refractivity (Wildman–Crippen MR) is 75.5 cm³/mol. The van der Waals surface area contributed by atoms with Crippen molar-refractivity contribution in [2.45, 2.75) is 30.9 Å². The van der Waals surface area contributed by atoms with Crippen LogP contribution in [0.4, 0.5) is 0 Å². The smallest absolute Gasteiger partial charge is 0.0270 e. The maximum atomic E-state index is 4.06. The molecule has 1 fully saturated rings. The molecule has 0 spiro atoms. The van der Waals surface area contributed by atoms with E-state index < -0.39 is 0 Å². The van der Waals surface area contributed by atoms with E-state index in [1.54, 1.807) is 0 Å². The highest BCUT2D eigenvalue weighted by atomic mass is 32.2. The van der Waals surface area contributed by atoms with Gasteiger partial charge in [0, 0.05) is 30.7 Å². The largest absolute Gasteiger partial charge is 0.302 e. The van der Waals surface area contributed by atoms with Crippen molar-refractivity contribution in [1.29, 1.82) is 0 Å². The molecule has 1 aromatic rings. The van der Waals surface area contributed by atoms with Gasteiger partial charge in [-0.1, -0.05) is 6.42 Å². The minimum atomic E-state index is 0.843. The lowest BCUT2D eigenvalue weighted by molar-refractivity contribution is 0.291. The molecule has 0 aliphatic carbocycles. The van der Waals surface area contributed by atoms with Gasteiger partial charge >= 0.3 is 0 Å². The average molecular weight is 250 g/mol. The van der Waals surface area contributed by atoms with Crippen LogP contribution in [0.2, 0.25) is 0 Å². The Morgan fingerprint density at radius 2 is 2.18 bits per heavy atom. The van der Waals surface area contributed by atoms with Crippen molar-refractivity contribution in [1.82, 2.24) is 9.88 Å². The highest BCUT2D eigenvalue weighted by Crippen LogP contribution is 2.20. The van der Waals surface area contributed by atoms with Crippen molar-refractivity contribution in [2.75, 3.05) is 25.9 Å². The average Bonchev–Trinajstić information content (AvgIpc) is 2.62. The van der Waals surface area contributed by atoms with E-state index in [1.165, 1.54) is 44.5 Å². The van der Waals surface area contributed by atoms with Gasteiger partial charge in [0.25, 0.3) is 0 Å². The highest BCUT2D eigenvalue weighted by molar-refractivity contribution is 7.99. The third kappa shape index (κ3) is 4.32. The van der Waals surface area contributed by atoms with Gasteiger partial charge in [-0.3, -0.25) is 4.98 Å². The minimum absolute atomic E-state index is 0.843. The maximum Gasteiger partial charge on any atom is 0.0270 e. The fourth-order valence-corrected chi connectivity index (χ4v) is 3.17. The molecule has 2 nitrogen and oxygen atoms in total. The monoisotopic (exact) mass is 250 g/mol. The molecule has 0 radical (unpaired) electrons. The molecule has 1 atom stereocenters. The molecule has 94 valence electrons. The summed E-state index contributed by atoms with van der Waals surface area (Å²) in [7, 11) is 0. The Labute approximate surface area is 109 Å². The normalized spacial score (nSPS) is 22.3. The summed E-state index contributed by atoms with van der Waals surface area (Å²) in [4.78, 5) is 6.70. The lowest BCUT2D eigenvalue weighted by Crippen LogP contribution is -2.31. The molecule has 17 heavy (non-hydrogen) atoms. The molecular formula is C14H22N2S. The first-order chi connectivity index (χ1) is 8.38. The van der Waals surface area contributed by atoms with Gasteiger partial charge in [0.2, 0.25) is 0 Å². The van der Waals surface area contributed by atoms with Crippen molar-refractivity contribution in [3.8, 4) is 0 Å². The van der Waals surface area contributed by atoms with E-state index in [-0.39, 0.29) is 0 Å². The zero-order valence-corrected chi connectivity index (χ0v) is 11.5. The van der Waals surface area contributed by atoms with E-state index in [0.29, 0.717) is 0 Å². The van der Waals surface area contributed by atoms with Crippen LogP contribution in [0.3, 0.4) is 0 Å². The van der Waals surface area contributed by atoms with Crippen LogP contribution in [-0.4, -0.2) is 41.0 Å². The molecule has 2 heterocycles. The van der Waals surface area contributed by atoms with Crippen LogP contribution in [0.15, 0.2) is 24.5 Å². The predicted octanol–water partition coefficient (Wildman–Crippen LogP) is 2.84. The van der Waals surface area contributed by atoms with Crippen LogP contribution >= 0.6 is 11.8 Å². The van der Waals surface area contributed by atoms with Crippen LogP contribution < -0.4 is 0 Å². The first-order valence-corrected chi connectivity index (χ1v) is 7.81. The SMILES string of the molecule is CSC1CCCCN(CCc2ccncc2)C1. The second kappa shape index (κ2) is 7.02. The second-order valence-electron chi connectivity index (χ2n) is 4.76. The summed E-state index contributed by atoms with van der Waals surface area (Å²) in [6, 6.07) is 4.26. The fraction of sp³-hybridized carbons (Fsp3) is 0.643. The molecule has 2 rings (SSSR count). The number of aromatic nitrogens is 1. The molecule has 1 aliphatic heterocycles. The molecular weight excluding hydrogens is 228 g/mol. The van der Waals surface area contributed by atoms with Crippen molar-refractivity contribution in [3.05, 3.63) is 30.1 Å². The molecule has 1 unspecified atom stereocenters. The lowest BCUT2D eigenvalue weighted by Gasteiger charge is -2.23.